The van der Waals surface area contributed by atoms with Gasteiger partial charge in [-0.15, -0.1) is 0 Å². The van der Waals surface area contributed by atoms with Gasteiger partial charge in [0.25, 0.3) is 5.91 Å². The van der Waals surface area contributed by atoms with Gasteiger partial charge in [-0.2, -0.15) is 0 Å². The SMILES string of the molecule is NC(=O)c1ccc(C(=O)NOCc2ccccc2)cc1. The van der Waals surface area contributed by atoms with Crippen LogP contribution in [0.5, 0.6) is 0 Å². The predicted octanol–water partition coefficient (Wildman–Crippen LogP) is 1.65. The second-order valence-corrected chi connectivity index (χ2v) is 4.15. The molecule has 20 heavy (non-hydrogen) atoms. The van der Waals surface area contributed by atoms with E-state index in [1.54, 1.807) is 0 Å². The molecule has 0 bridgehead atoms. The summed E-state index contributed by atoms with van der Waals surface area (Å²) in [6.45, 7) is 0.284. The number of amides is 2. The Morgan fingerprint density at radius 2 is 1.55 bits per heavy atom. The van der Waals surface area contributed by atoms with Crippen LogP contribution in [0, 0.1) is 0 Å². The Labute approximate surface area is 116 Å². The number of benzene rings is 2. The molecule has 0 heterocycles. The van der Waals surface area contributed by atoms with Gasteiger partial charge in [-0.3, -0.25) is 14.4 Å². The van der Waals surface area contributed by atoms with Crippen molar-refractivity contribution in [3.05, 3.63) is 71.3 Å². The molecule has 0 saturated heterocycles. The zero-order valence-corrected chi connectivity index (χ0v) is 10.7. The standard InChI is InChI=1S/C15H14N2O3/c16-14(18)12-6-8-13(9-7-12)15(19)17-20-10-11-4-2-1-3-5-11/h1-9H,10H2,(H2,16,18)(H,17,19). The summed E-state index contributed by atoms with van der Waals surface area (Å²) in [5, 5.41) is 0. The highest BCUT2D eigenvalue weighted by atomic mass is 16.6. The van der Waals surface area contributed by atoms with Gasteiger partial charge in [0, 0.05) is 11.1 Å². The summed E-state index contributed by atoms with van der Waals surface area (Å²) in [5.41, 5.74) is 9.16. The molecule has 0 spiro atoms. The number of hydrogen-bond acceptors (Lipinski definition) is 3. The lowest BCUT2D eigenvalue weighted by molar-refractivity contribution is 0.0233. The Morgan fingerprint density at radius 1 is 0.950 bits per heavy atom. The molecule has 2 rings (SSSR count). The molecule has 2 aromatic rings. The molecule has 2 aromatic carbocycles. The third-order valence-electron chi connectivity index (χ3n) is 2.68. The molecule has 0 saturated carbocycles. The molecule has 5 nitrogen and oxygen atoms in total. The molecule has 0 aromatic heterocycles. The number of rotatable bonds is 5. The first kappa shape index (κ1) is 13.8. The van der Waals surface area contributed by atoms with Crippen LogP contribution in [-0.4, -0.2) is 11.8 Å². The van der Waals surface area contributed by atoms with Gasteiger partial charge in [0.2, 0.25) is 5.91 Å². The largest absolute Gasteiger partial charge is 0.366 e. The van der Waals surface area contributed by atoms with E-state index in [0.29, 0.717) is 11.1 Å². The van der Waals surface area contributed by atoms with Crippen molar-refractivity contribution in [3.63, 3.8) is 0 Å². The molecule has 0 radical (unpaired) electrons. The third-order valence-corrected chi connectivity index (χ3v) is 2.68. The lowest BCUT2D eigenvalue weighted by Gasteiger charge is -2.06. The Hall–Kier alpha value is -2.66. The van der Waals surface area contributed by atoms with Gasteiger partial charge < -0.3 is 5.73 Å². The maximum atomic E-state index is 11.8. The van der Waals surface area contributed by atoms with Crippen LogP contribution in [0.4, 0.5) is 0 Å². The fraction of sp³-hybridized carbons (Fsp3) is 0.0667. The first-order chi connectivity index (χ1) is 9.66. The molecule has 0 aliphatic rings. The van der Waals surface area contributed by atoms with Crippen molar-refractivity contribution in [2.45, 2.75) is 6.61 Å². The quantitative estimate of drug-likeness (QED) is 0.810. The van der Waals surface area contributed by atoms with Crippen molar-refractivity contribution in [2.24, 2.45) is 5.73 Å². The van der Waals surface area contributed by atoms with Crippen LogP contribution in [-0.2, 0) is 11.4 Å². The minimum atomic E-state index is -0.530. The van der Waals surface area contributed by atoms with Crippen molar-refractivity contribution in [2.75, 3.05) is 0 Å². The molecule has 0 fully saturated rings. The summed E-state index contributed by atoms with van der Waals surface area (Å²) in [6, 6.07) is 15.5. The molecule has 0 unspecified atom stereocenters. The van der Waals surface area contributed by atoms with Crippen LogP contribution in [0.2, 0.25) is 0 Å². The van der Waals surface area contributed by atoms with E-state index in [1.165, 1.54) is 24.3 Å². The van der Waals surface area contributed by atoms with Crippen LogP contribution >= 0.6 is 0 Å². The lowest BCUT2D eigenvalue weighted by Crippen LogP contribution is -2.23. The summed E-state index contributed by atoms with van der Waals surface area (Å²) in [5.74, 6) is -0.908. The van der Waals surface area contributed by atoms with Gasteiger partial charge in [0.15, 0.2) is 0 Å². The van der Waals surface area contributed by atoms with E-state index in [-0.39, 0.29) is 12.5 Å². The molecule has 102 valence electrons. The van der Waals surface area contributed by atoms with Gasteiger partial charge >= 0.3 is 0 Å². The van der Waals surface area contributed by atoms with Crippen molar-refractivity contribution in [3.8, 4) is 0 Å². The fourth-order valence-corrected chi connectivity index (χ4v) is 1.60. The minimum Gasteiger partial charge on any atom is -0.366 e. The number of carbonyl (C=O) groups excluding carboxylic acids is 2. The zero-order valence-electron chi connectivity index (χ0n) is 10.7. The second-order valence-electron chi connectivity index (χ2n) is 4.15. The summed E-state index contributed by atoms with van der Waals surface area (Å²) >= 11 is 0. The van der Waals surface area contributed by atoms with E-state index < -0.39 is 5.91 Å². The van der Waals surface area contributed by atoms with E-state index >= 15 is 0 Å². The van der Waals surface area contributed by atoms with E-state index in [2.05, 4.69) is 5.48 Å². The predicted molar refractivity (Wildman–Crippen MR) is 73.7 cm³/mol. The average Bonchev–Trinajstić information content (AvgIpc) is 2.48. The van der Waals surface area contributed by atoms with Crippen LogP contribution in [0.1, 0.15) is 26.3 Å². The number of nitrogens with two attached hydrogens (primary N) is 1. The Kier molecular flexibility index (Phi) is 4.47. The molecule has 3 N–H and O–H groups in total. The van der Waals surface area contributed by atoms with Crippen LogP contribution in [0.15, 0.2) is 54.6 Å². The summed E-state index contributed by atoms with van der Waals surface area (Å²) < 4.78 is 0. The molecule has 0 aliphatic carbocycles. The topological polar surface area (TPSA) is 81.4 Å². The van der Waals surface area contributed by atoms with E-state index in [1.807, 2.05) is 30.3 Å². The van der Waals surface area contributed by atoms with E-state index in [9.17, 15) is 9.59 Å². The first-order valence-electron chi connectivity index (χ1n) is 6.03. The van der Waals surface area contributed by atoms with E-state index in [0.717, 1.165) is 5.56 Å². The summed E-state index contributed by atoms with van der Waals surface area (Å²) in [7, 11) is 0. The van der Waals surface area contributed by atoms with Crippen LogP contribution < -0.4 is 11.2 Å². The fourth-order valence-electron chi connectivity index (χ4n) is 1.60. The summed E-state index contributed by atoms with van der Waals surface area (Å²) in [4.78, 5) is 27.8. The molecule has 5 heteroatoms. The Bertz CT molecular complexity index is 594. The van der Waals surface area contributed by atoms with Crippen molar-refractivity contribution in [1.29, 1.82) is 0 Å². The average molecular weight is 270 g/mol. The van der Waals surface area contributed by atoms with Gasteiger partial charge in [0.1, 0.15) is 0 Å². The molecular formula is C15H14N2O3. The first-order valence-corrected chi connectivity index (χ1v) is 6.03. The van der Waals surface area contributed by atoms with Gasteiger partial charge in [-0.25, -0.2) is 5.48 Å². The highest BCUT2D eigenvalue weighted by molar-refractivity contribution is 5.96. The number of primary amides is 1. The highest BCUT2D eigenvalue weighted by Crippen LogP contribution is 2.04. The van der Waals surface area contributed by atoms with Crippen molar-refractivity contribution < 1.29 is 14.4 Å². The number of nitrogens with one attached hydrogen (secondary N) is 1. The van der Waals surface area contributed by atoms with E-state index in [4.69, 9.17) is 10.6 Å². The summed E-state index contributed by atoms with van der Waals surface area (Å²) in [6.07, 6.45) is 0. The monoisotopic (exact) mass is 270 g/mol. The third kappa shape index (κ3) is 3.66. The minimum absolute atomic E-state index is 0.284. The zero-order chi connectivity index (χ0) is 14.4. The molecule has 0 atom stereocenters. The molecular weight excluding hydrogens is 256 g/mol. The second kappa shape index (κ2) is 6.49. The van der Waals surface area contributed by atoms with Gasteiger partial charge in [-0.1, -0.05) is 30.3 Å². The maximum Gasteiger partial charge on any atom is 0.274 e. The smallest absolute Gasteiger partial charge is 0.274 e. The maximum absolute atomic E-state index is 11.8. The molecule has 0 aliphatic heterocycles. The Balaban J connectivity index is 1.87. The van der Waals surface area contributed by atoms with Crippen LogP contribution in [0.25, 0.3) is 0 Å². The van der Waals surface area contributed by atoms with Gasteiger partial charge in [-0.05, 0) is 29.8 Å². The highest BCUT2D eigenvalue weighted by Gasteiger charge is 2.06. The lowest BCUT2D eigenvalue weighted by atomic mass is 10.1. The van der Waals surface area contributed by atoms with Crippen molar-refractivity contribution >= 4 is 11.8 Å². The van der Waals surface area contributed by atoms with Crippen LogP contribution in [0.3, 0.4) is 0 Å². The van der Waals surface area contributed by atoms with Gasteiger partial charge in [0.05, 0.1) is 6.61 Å². The number of carbonyl (C=O) groups is 2. The number of hydroxylamine groups is 1. The van der Waals surface area contributed by atoms with Crippen molar-refractivity contribution in [1.82, 2.24) is 5.48 Å². The Morgan fingerprint density at radius 3 is 2.15 bits per heavy atom. The normalized spacial score (nSPS) is 10.0. The number of hydrogen-bond donors (Lipinski definition) is 2. The molecule has 2 amide bonds.